The van der Waals surface area contributed by atoms with Gasteiger partial charge in [-0.3, -0.25) is 9.58 Å². The second-order valence-electron chi connectivity index (χ2n) is 11.1. The Hall–Kier alpha value is -2.93. The standard InChI is InChI=1S/C29H36F3N5O3S/c1-20-5-4-6-21(2)28(20)35-15-13-34(14-16-35)17-24(38)18-37-26-11-12-36(41(3,39)40)19-25(26)27(33-37)22-7-9-23(10-8-22)29(30,31)32/h4-10,24,38H,11-19H2,1-3H3. The van der Waals surface area contributed by atoms with E-state index in [2.05, 4.69) is 41.8 Å². The highest BCUT2D eigenvalue weighted by Crippen LogP contribution is 2.34. The van der Waals surface area contributed by atoms with Crippen LogP contribution in [0.25, 0.3) is 11.3 Å². The lowest BCUT2D eigenvalue weighted by atomic mass is 10.0. The number of aryl methyl sites for hydroxylation is 2. The van der Waals surface area contributed by atoms with Crippen LogP contribution in [0.3, 0.4) is 0 Å². The van der Waals surface area contributed by atoms with Crippen LogP contribution in [-0.4, -0.2) is 84.1 Å². The summed E-state index contributed by atoms with van der Waals surface area (Å²) < 4.78 is 67.0. The van der Waals surface area contributed by atoms with Crippen molar-refractivity contribution in [3.63, 3.8) is 0 Å². The predicted molar refractivity (Wildman–Crippen MR) is 152 cm³/mol. The van der Waals surface area contributed by atoms with E-state index in [1.165, 1.54) is 33.3 Å². The van der Waals surface area contributed by atoms with Gasteiger partial charge in [0.15, 0.2) is 0 Å². The molecule has 12 heteroatoms. The van der Waals surface area contributed by atoms with E-state index in [0.29, 0.717) is 29.8 Å². The van der Waals surface area contributed by atoms with E-state index >= 15 is 0 Å². The Balaban J connectivity index is 1.32. The molecule has 222 valence electrons. The van der Waals surface area contributed by atoms with Gasteiger partial charge in [0.2, 0.25) is 10.0 Å². The quantitative estimate of drug-likeness (QED) is 0.452. The SMILES string of the molecule is Cc1cccc(C)c1N1CCN(CC(O)Cn2nc(-c3ccc(C(F)(F)F)cc3)c3c2CCN(S(C)(=O)=O)C3)CC1. The molecular formula is C29H36F3N5O3S. The molecule has 1 unspecified atom stereocenters. The lowest BCUT2D eigenvalue weighted by Crippen LogP contribution is -2.49. The van der Waals surface area contributed by atoms with Crippen LogP contribution < -0.4 is 4.90 Å². The van der Waals surface area contributed by atoms with Crippen molar-refractivity contribution in [1.82, 2.24) is 19.0 Å². The number of rotatable bonds is 7. The van der Waals surface area contributed by atoms with Gasteiger partial charge in [-0.25, -0.2) is 8.42 Å². The molecule has 0 bridgehead atoms. The number of alkyl halides is 3. The van der Waals surface area contributed by atoms with Crippen LogP contribution in [-0.2, 0) is 35.7 Å². The minimum atomic E-state index is -4.46. The van der Waals surface area contributed by atoms with Crippen LogP contribution >= 0.6 is 0 Å². The zero-order chi connectivity index (χ0) is 29.5. The minimum absolute atomic E-state index is 0.0842. The van der Waals surface area contributed by atoms with Crippen LogP contribution in [0.1, 0.15) is 27.9 Å². The Kier molecular flexibility index (Phi) is 8.21. The minimum Gasteiger partial charge on any atom is -0.390 e. The van der Waals surface area contributed by atoms with Crippen molar-refractivity contribution in [2.24, 2.45) is 0 Å². The number of piperazine rings is 1. The number of fused-ring (bicyclic) bond motifs is 1. The second-order valence-corrected chi connectivity index (χ2v) is 13.0. The fraction of sp³-hybridized carbons (Fsp3) is 0.483. The van der Waals surface area contributed by atoms with Gasteiger partial charge in [0.1, 0.15) is 0 Å². The third-order valence-corrected chi connectivity index (χ3v) is 9.28. The lowest BCUT2D eigenvalue weighted by molar-refractivity contribution is -0.137. The summed E-state index contributed by atoms with van der Waals surface area (Å²) in [4.78, 5) is 4.62. The van der Waals surface area contributed by atoms with Gasteiger partial charge in [0.05, 0.1) is 30.2 Å². The summed E-state index contributed by atoms with van der Waals surface area (Å²) in [6, 6.07) is 11.0. The zero-order valence-electron chi connectivity index (χ0n) is 23.5. The summed E-state index contributed by atoms with van der Waals surface area (Å²) in [5.74, 6) is 0. The van der Waals surface area contributed by atoms with E-state index in [1.54, 1.807) is 4.68 Å². The Morgan fingerprint density at radius 3 is 2.17 bits per heavy atom. The highest BCUT2D eigenvalue weighted by molar-refractivity contribution is 7.88. The number of hydrogen-bond acceptors (Lipinski definition) is 6. The summed E-state index contributed by atoms with van der Waals surface area (Å²) in [6.07, 6.45) is -3.64. The van der Waals surface area contributed by atoms with E-state index in [-0.39, 0.29) is 19.6 Å². The van der Waals surface area contributed by atoms with Crippen molar-refractivity contribution in [2.75, 3.05) is 50.4 Å². The first kappa shape index (κ1) is 29.6. The number of aromatic nitrogens is 2. The van der Waals surface area contributed by atoms with Crippen LogP contribution in [0.4, 0.5) is 18.9 Å². The number of para-hydroxylation sites is 1. The molecule has 2 aliphatic rings. The molecule has 5 rings (SSSR count). The third kappa shape index (κ3) is 6.45. The molecule has 1 fully saturated rings. The first-order valence-corrected chi connectivity index (χ1v) is 15.6. The molecule has 0 aliphatic carbocycles. The molecule has 41 heavy (non-hydrogen) atoms. The maximum Gasteiger partial charge on any atom is 0.416 e. The van der Waals surface area contributed by atoms with Gasteiger partial charge in [-0.2, -0.15) is 22.6 Å². The molecule has 2 aromatic carbocycles. The monoisotopic (exact) mass is 591 g/mol. The predicted octanol–water partition coefficient (Wildman–Crippen LogP) is 3.69. The van der Waals surface area contributed by atoms with Crippen molar-refractivity contribution in [2.45, 2.75) is 45.6 Å². The highest BCUT2D eigenvalue weighted by Gasteiger charge is 2.33. The molecule has 2 aliphatic heterocycles. The van der Waals surface area contributed by atoms with Gasteiger partial charge in [-0.05, 0) is 37.1 Å². The molecule has 8 nitrogen and oxygen atoms in total. The van der Waals surface area contributed by atoms with Gasteiger partial charge >= 0.3 is 6.18 Å². The molecule has 0 radical (unpaired) electrons. The molecule has 1 N–H and O–H groups in total. The van der Waals surface area contributed by atoms with Gasteiger partial charge < -0.3 is 10.0 Å². The number of anilines is 1. The number of halogens is 3. The Bertz CT molecular complexity index is 1480. The molecule has 1 atom stereocenters. The van der Waals surface area contributed by atoms with E-state index in [9.17, 15) is 26.7 Å². The summed E-state index contributed by atoms with van der Waals surface area (Å²) in [5, 5.41) is 15.8. The van der Waals surface area contributed by atoms with Crippen molar-refractivity contribution >= 4 is 15.7 Å². The van der Waals surface area contributed by atoms with E-state index in [1.807, 2.05) is 0 Å². The molecule has 0 amide bonds. The molecular weight excluding hydrogens is 555 g/mol. The van der Waals surface area contributed by atoms with Crippen molar-refractivity contribution in [3.05, 3.63) is 70.4 Å². The number of aliphatic hydroxyl groups is 1. The van der Waals surface area contributed by atoms with Gasteiger partial charge in [0, 0.05) is 74.7 Å². The van der Waals surface area contributed by atoms with Gasteiger partial charge in [-0.15, -0.1) is 0 Å². The van der Waals surface area contributed by atoms with E-state index in [0.717, 1.165) is 50.3 Å². The van der Waals surface area contributed by atoms with Crippen molar-refractivity contribution in [3.8, 4) is 11.3 Å². The first-order valence-electron chi connectivity index (χ1n) is 13.7. The maximum absolute atomic E-state index is 13.1. The number of benzene rings is 2. The van der Waals surface area contributed by atoms with Crippen LogP contribution in [0, 0.1) is 13.8 Å². The van der Waals surface area contributed by atoms with Crippen molar-refractivity contribution in [1.29, 1.82) is 0 Å². The second kappa shape index (κ2) is 11.4. The number of β-amino-alcohol motifs (C(OH)–C–C–N with tert-alkyl or cyclic N) is 1. The van der Waals surface area contributed by atoms with E-state index < -0.39 is 27.9 Å². The average molecular weight is 592 g/mol. The fourth-order valence-electron chi connectivity index (χ4n) is 5.96. The lowest BCUT2D eigenvalue weighted by Gasteiger charge is -2.38. The van der Waals surface area contributed by atoms with Gasteiger partial charge in [0.25, 0.3) is 0 Å². The van der Waals surface area contributed by atoms with Crippen LogP contribution in [0.5, 0.6) is 0 Å². The normalized spacial score (nSPS) is 18.0. The summed E-state index contributed by atoms with van der Waals surface area (Å²) in [7, 11) is -3.47. The third-order valence-electron chi connectivity index (χ3n) is 8.03. The topological polar surface area (TPSA) is 81.9 Å². The molecule has 1 aromatic heterocycles. The fourth-order valence-corrected chi connectivity index (χ4v) is 6.75. The summed E-state index contributed by atoms with van der Waals surface area (Å²) >= 11 is 0. The number of hydrogen-bond donors (Lipinski definition) is 1. The number of aliphatic hydroxyl groups excluding tert-OH is 1. The number of sulfonamides is 1. The first-order chi connectivity index (χ1) is 19.3. The molecule has 3 heterocycles. The smallest absolute Gasteiger partial charge is 0.390 e. The van der Waals surface area contributed by atoms with E-state index in [4.69, 9.17) is 5.10 Å². The summed E-state index contributed by atoms with van der Waals surface area (Å²) in [6.45, 7) is 8.60. The van der Waals surface area contributed by atoms with Crippen LogP contribution in [0.15, 0.2) is 42.5 Å². The molecule has 3 aromatic rings. The molecule has 0 saturated carbocycles. The Labute approximate surface area is 239 Å². The maximum atomic E-state index is 13.1. The molecule has 0 spiro atoms. The summed E-state index contributed by atoms with van der Waals surface area (Å²) in [5.41, 5.74) is 5.39. The van der Waals surface area contributed by atoms with Crippen LogP contribution in [0.2, 0.25) is 0 Å². The van der Waals surface area contributed by atoms with Crippen molar-refractivity contribution < 1.29 is 26.7 Å². The zero-order valence-corrected chi connectivity index (χ0v) is 24.3. The van der Waals surface area contributed by atoms with Gasteiger partial charge in [-0.1, -0.05) is 30.3 Å². The number of nitrogens with zero attached hydrogens (tertiary/aromatic N) is 5. The molecule has 1 saturated heterocycles. The Morgan fingerprint density at radius 2 is 1.59 bits per heavy atom. The highest BCUT2D eigenvalue weighted by atomic mass is 32.2. The average Bonchev–Trinajstić information content (AvgIpc) is 3.26. The largest absolute Gasteiger partial charge is 0.416 e. The Morgan fingerprint density at radius 1 is 0.951 bits per heavy atom.